The van der Waals surface area contributed by atoms with Crippen LogP contribution in [0.5, 0.6) is 0 Å². The lowest BCUT2D eigenvalue weighted by molar-refractivity contribution is -0.151. The van der Waals surface area contributed by atoms with Crippen molar-refractivity contribution in [3.05, 3.63) is 12.2 Å². The summed E-state index contributed by atoms with van der Waals surface area (Å²) in [6, 6.07) is 0. The highest BCUT2D eigenvalue weighted by Gasteiger charge is 2.49. The van der Waals surface area contributed by atoms with Crippen molar-refractivity contribution in [2.24, 2.45) is 29.6 Å². The Hall–Kier alpha value is -0.790. The van der Waals surface area contributed by atoms with Crippen LogP contribution in [0.4, 0.5) is 0 Å². The first-order chi connectivity index (χ1) is 7.15. The van der Waals surface area contributed by atoms with Crippen molar-refractivity contribution in [1.82, 2.24) is 0 Å². The van der Waals surface area contributed by atoms with Crippen molar-refractivity contribution in [3.63, 3.8) is 0 Å². The molecule has 0 spiro atoms. The van der Waals surface area contributed by atoms with E-state index < -0.39 is 0 Å². The summed E-state index contributed by atoms with van der Waals surface area (Å²) in [5.74, 6) is 2.28. The average Bonchev–Trinajstić information content (AvgIpc) is 2.76. The fraction of sp³-hybridized carbons (Fsp3) is 0.769. The molecule has 1 fully saturated rings. The van der Waals surface area contributed by atoms with Gasteiger partial charge in [0.2, 0.25) is 0 Å². The highest BCUT2D eigenvalue weighted by Crippen LogP contribution is 2.51. The van der Waals surface area contributed by atoms with Crippen LogP contribution < -0.4 is 0 Å². The summed E-state index contributed by atoms with van der Waals surface area (Å²) in [6.07, 6.45) is 5.67. The molecular formula is C13H20O2. The van der Waals surface area contributed by atoms with Crippen LogP contribution in [0, 0.1) is 29.6 Å². The summed E-state index contributed by atoms with van der Waals surface area (Å²) in [5, 5.41) is 0. The van der Waals surface area contributed by atoms with E-state index in [1.807, 2.05) is 6.92 Å². The third kappa shape index (κ3) is 1.70. The van der Waals surface area contributed by atoms with E-state index in [-0.39, 0.29) is 11.9 Å². The zero-order valence-corrected chi connectivity index (χ0v) is 9.77. The van der Waals surface area contributed by atoms with Crippen molar-refractivity contribution in [2.45, 2.75) is 27.2 Å². The second-order valence-corrected chi connectivity index (χ2v) is 5.05. The van der Waals surface area contributed by atoms with Gasteiger partial charge in [-0.2, -0.15) is 0 Å². The molecule has 2 heteroatoms. The largest absolute Gasteiger partial charge is 0.466 e. The van der Waals surface area contributed by atoms with Crippen molar-refractivity contribution < 1.29 is 9.53 Å². The third-order valence-corrected chi connectivity index (χ3v) is 3.85. The monoisotopic (exact) mass is 208 g/mol. The highest BCUT2D eigenvalue weighted by molar-refractivity contribution is 5.74. The van der Waals surface area contributed by atoms with E-state index in [1.54, 1.807) is 0 Å². The Balaban J connectivity index is 2.15. The molecule has 3 unspecified atom stereocenters. The van der Waals surface area contributed by atoms with Crippen LogP contribution in [0.3, 0.4) is 0 Å². The summed E-state index contributed by atoms with van der Waals surface area (Å²) in [4.78, 5) is 11.9. The van der Waals surface area contributed by atoms with Crippen LogP contribution >= 0.6 is 0 Å². The second kappa shape index (κ2) is 3.99. The first-order valence-electron chi connectivity index (χ1n) is 6.00. The molecule has 1 saturated carbocycles. The Morgan fingerprint density at radius 2 is 2.07 bits per heavy atom. The summed E-state index contributed by atoms with van der Waals surface area (Å²) in [7, 11) is 0. The zero-order chi connectivity index (χ0) is 11.0. The summed E-state index contributed by atoms with van der Waals surface area (Å²) >= 11 is 0. The van der Waals surface area contributed by atoms with E-state index in [1.165, 1.54) is 0 Å². The van der Waals surface area contributed by atoms with Crippen LogP contribution in [-0.2, 0) is 9.53 Å². The number of hydrogen-bond donors (Lipinski definition) is 0. The number of esters is 1. The molecule has 0 aromatic carbocycles. The summed E-state index contributed by atoms with van der Waals surface area (Å²) in [6.45, 7) is 6.81. The van der Waals surface area contributed by atoms with Gasteiger partial charge >= 0.3 is 5.97 Å². The van der Waals surface area contributed by atoms with Gasteiger partial charge < -0.3 is 4.74 Å². The Labute approximate surface area is 91.7 Å². The molecule has 0 aromatic rings. The van der Waals surface area contributed by atoms with Crippen molar-refractivity contribution >= 4 is 5.97 Å². The van der Waals surface area contributed by atoms with Gasteiger partial charge in [-0.25, -0.2) is 0 Å². The molecule has 84 valence electrons. The Kier molecular flexibility index (Phi) is 2.85. The lowest BCUT2D eigenvalue weighted by Gasteiger charge is -2.29. The number of carbonyl (C=O) groups excluding carboxylic acids is 1. The van der Waals surface area contributed by atoms with Gasteiger partial charge in [0.1, 0.15) is 0 Å². The number of rotatable bonds is 3. The zero-order valence-electron chi connectivity index (χ0n) is 9.77. The quantitative estimate of drug-likeness (QED) is 0.526. The number of ether oxygens (including phenoxy) is 1. The van der Waals surface area contributed by atoms with Crippen molar-refractivity contribution in [3.8, 4) is 0 Å². The molecule has 0 amide bonds. The smallest absolute Gasteiger partial charge is 0.309 e. The van der Waals surface area contributed by atoms with Crippen LogP contribution in [0.2, 0.25) is 0 Å². The maximum Gasteiger partial charge on any atom is 0.309 e. The molecular weight excluding hydrogens is 188 g/mol. The van der Waals surface area contributed by atoms with Gasteiger partial charge in [0.05, 0.1) is 12.5 Å². The van der Waals surface area contributed by atoms with Crippen molar-refractivity contribution in [1.29, 1.82) is 0 Å². The minimum atomic E-state index is 0.0213. The van der Waals surface area contributed by atoms with E-state index >= 15 is 0 Å². The minimum Gasteiger partial charge on any atom is -0.466 e. The number of allylic oxidation sites excluding steroid dienone is 2. The SMILES string of the molecule is CCOC(=O)[C@H]1C2C=CC(C2)C1C(C)C. The molecule has 2 aliphatic rings. The van der Waals surface area contributed by atoms with Gasteiger partial charge in [-0.15, -0.1) is 0 Å². The highest BCUT2D eigenvalue weighted by atomic mass is 16.5. The minimum absolute atomic E-state index is 0.0213. The molecule has 0 saturated heterocycles. The molecule has 15 heavy (non-hydrogen) atoms. The van der Waals surface area contributed by atoms with E-state index in [2.05, 4.69) is 26.0 Å². The van der Waals surface area contributed by atoms with Crippen LogP contribution in [0.25, 0.3) is 0 Å². The predicted molar refractivity (Wildman–Crippen MR) is 59.2 cm³/mol. The van der Waals surface area contributed by atoms with E-state index in [4.69, 9.17) is 4.74 Å². The molecule has 0 heterocycles. The topological polar surface area (TPSA) is 26.3 Å². The van der Waals surface area contributed by atoms with Gasteiger partial charge in [0.15, 0.2) is 0 Å². The molecule has 0 aliphatic heterocycles. The lowest BCUT2D eigenvalue weighted by Crippen LogP contribution is -2.32. The Morgan fingerprint density at radius 3 is 2.67 bits per heavy atom. The predicted octanol–water partition coefficient (Wildman–Crippen LogP) is 2.64. The van der Waals surface area contributed by atoms with Gasteiger partial charge in [-0.05, 0) is 37.0 Å². The maximum absolute atomic E-state index is 11.9. The van der Waals surface area contributed by atoms with Gasteiger partial charge in [0.25, 0.3) is 0 Å². The average molecular weight is 208 g/mol. The molecule has 0 N–H and O–H groups in total. The number of carbonyl (C=O) groups is 1. The molecule has 2 nitrogen and oxygen atoms in total. The fourth-order valence-corrected chi connectivity index (χ4v) is 3.34. The third-order valence-electron chi connectivity index (χ3n) is 3.85. The van der Waals surface area contributed by atoms with E-state index in [9.17, 15) is 4.79 Å². The molecule has 0 aromatic heterocycles. The molecule has 2 aliphatic carbocycles. The molecule has 2 rings (SSSR count). The normalized spacial score (nSPS) is 37.6. The standard InChI is InChI=1S/C13H20O2/c1-4-15-13(14)12-10-6-5-9(7-10)11(12)8(2)3/h5-6,8-12H,4,7H2,1-3H3/t9?,10?,11?,12-/m0/s1. The van der Waals surface area contributed by atoms with Gasteiger partial charge in [0, 0.05) is 0 Å². The van der Waals surface area contributed by atoms with E-state index in [0.29, 0.717) is 30.3 Å². The fourth-order valence-electron chi connectivity index (χ4n) is 3.34. The Bertz CT molecular complexity index is 280. The second-order valence-electron chi connectivity index (χ2n) is 5.05. The maximum atomic E-state index is 11.9. The van der Waals surface area contributed by atoms with Crippen molar-refractivity contribution in [2.75, 3.05) is 6.61 Å². The lowest BCUT2D eigenvalue weighted by atomic mass is 9.76. The van der Waals surface area contributed by atoms with Gasteiger partial charge in [-0.1, -0.05) is 26.0 Å². The molecule has 2 bridgehead atoms. The summed E-state index contributed by atoms with van der Waals surface area (Å²) < 4.78 is 5.19. The molecule has 4 atom stereocenters. The van der Waals surface area contributed by atoms with Crippen LogP contribution in [0.15, 0.2) is 12.2 Å². The van der Waals surface area contributed by atoms with E-state index in [0.717, 1.165) is 6.42 Å². The first-order valence-corrected chi connectivity index (χ1v) is 6.00. The van der Waals surface area contributed by atoms with Crippen LogP contribution in [0.1, 0.15) is 27.2 Å². The number of hydrogen-bond acceptors (Lipinski definition) is 2. The summed E-state index contributed by atoms with van der Waals surface area (Å²) in [5.41, 5.74) is 0. The first kappa shape index (κ1) is 10.7. The Morgan fingerprint density at radius 1 is 1.40 bits per heavy atom. The number of fused-ring (bicyclic) bond motifs is 2. The van der Waals surface area contributed by atoms with Crippen LogP contribution in [-0.4, -0.2) is 12.6 Å². The molecule has 0 radical (unpaired) electrons. The van der Waals surface area contributed by atoms with Gasteiger partial charge in [-0.3, -0.25) is 4.79 Å².